The molecule has 3 rings (SSSR count). The van der Waals surface area contributed by atoms with E-state index in [9.17, 15) is 4.79 Å². The number of para-hydroxylation sites is 2. The maximum absolute atomic E-state index is 12.1. The first-order valence-corrected chi connectivity index (χ1v) is 8.61. The number of carbonyl (C=O) groups excluding carboxylic acids is 1. The highest BCUT2D eigenvalue weighted by Crippen LogP contribution is 2.25. The zero-order valence-corrected chi connectivity index (χ0v) is 15.6. The molecule has 0 aliphatic heterocycles. The summed E-state index contributed by atoms with van der Waals surface area (Å²) in [4.78, 5) is 16.4. The number of carbonyl (C=O) groups is 1. The first-order chi connectivity index (χ1) is 13.7. The summed E-state index contributed by atoms with van der Waals surface area (Å²) in [6.07, 6.45) is 1.58. The number of anilines is 3. The minimum atomic E-state index is -0.288. The third-order valence-corrected chi connectivity index (χ3v) is 3.84. The predicted molar refractivity (Wildman–Crippen MR) is 108 cm³/mol. The molecule has 7 heteroatoms. The fourth-order valence-electron chi connectivity index (χ4n) is 2.44. The Bertz CT molecular complexity index is 912. The number of hydrogen-bond acceptors (Lipinski definition) is 6. The van der Waals surface area contributed by atoms with Gasteiger partial charge in [-0.1, -0.05) is 12.1 Å². The van der Waals surface area contributed by atoms with Crippen molar-refractivity contribution in [3.8, 4) is 17.2 Å². The van der Waals surface area contributed by atoms with E-state index in [4.69, 9.17) is 14.2 Å². The van der Waals surface area contributed by atoms with E-state index in [1.165, 1.54) is 0 Å². The van der Waals surface area contributed by atoms with Crippen molar-refractivity contribution >= 4 is 23.1 Å². The molecule has 0 aliphatic carbocycles. The van der Waals surface area contributed by atoms with Crippen LogP contribution in [-0.2, 0) is 4.79 Å². The van der Waals surface area contributed by atoms with Crippen molar-refractivity contribution in [3.05, 3.63) is 66.9 Å². The Hall–Kier alpha value is -3.74. The fourth-order valence-corrected chi connectivity index (χ4v) is 2.44. The first-order valence-electron chi connectivity index (χ1n) is 8.61. The van der Waals surface area contributed by atoms with Crippen molar-refractivity contribution in [2.75, 3.05) is 31.5 Å². The zero-order valence-electron chi connectivity index (χ0n) is 15.6. The topological polar surface area (TPSA) is 81.7 Å². The van der Waals surface area contributed by atoms with E-state index in [-0.39, 0.29) is 12.5 Å². The van der Waals surface area contributed by atoms with Gasteiger partial charge in [0.2, 0.25) is 0 Å². The largest absolute Gasteiger partial charge is 0.497 e. The van der Waals surface area contributed by atoms with Crippen LogP contribution in [0.5, 0.6) is 17.2 Å². The molecule has 0 saturated heterocycles. The maximum atomic E-state index is 12.1. The van der Waals surface area contributed by atoms with Gasteiger partial charge in [0.15, 0.2) is 18.1 Å². The number of nitrogens with zero attached hydrogens (tertiary/aromatic N) is 1. The minimum Gasteiger partial charge on any atom is -0.497 e. The number of hydrogen-bond donors (Lipinski definition) is 2. The maximum Gasteiger partial charge on any atom is 0.262 e. The van der Waals surface area contributed by atoms with Gasteiger partial charge in [-0.3, -0.25) is 4.79 Å². The van der Waals surface area contributed by atoms with Gasteiger partial charge in [0.05, 0.1) is 26.1 Å². The zero-order chi connectivity index (χ0) is 19.8. The van der Waals surface area contributed by atoms with E-state index in [1.807, 2.05) is 36.4 Å². The second-order valence-electron chi connectivity index (χ2n) is 5.77. The lowest BCUT2D eigenvalue weighted by Gasteiger charge is -2.11. The second-order valence-corrected chi connectivity index (χ2v) is 5.77. The number of benzene rings is 2. The molecule has 28 heavy (non-hydrogen) atoms. The number of rotatable bonds is 8. The molecule has 0 atom stereocenters. The van der Waals surface area contributed by atoms with Crippen LogP contribution >= 0.6 is 0 Å². The summed E-state index contributed by atoms with van der Waals surface area (Å²) in [5, 5.41) is 5.92. The highest BCUT2D eigenvalue weighted by molar-refractivity contribution is 5.91. The van der Waals surface area contributed by atoms with E-state index >= 15 is 0 Å². The average molecular weight is 379 g/mol. The third-order valence-electron chi connectivity index (χ3n) is 3.84. The summed E-state index contributed by atoms with van der Waals surface area (Å²) < 4.78 is 15.8. The Morgan fingerprint density at radius 3 is 2.25 bits per heavy atom. The van der Waals surface area contributed by atoms with Gasteiger partial charge in [-0.25, -0.2) is 4.98 Å². The molecule has 1 amide bonds. The molecule has 1 heterocycles. The molecule has 2 aromatic carbocycles. The molecule has 0 bridgehead atoms. The highest BCUT2D eigenvalue weighted by atomic mass is 16.5. The Balaban J connectivity index is 1.52. The van der Waals surface area contributed by atoms with Crippen molar-refractivity contribution < 1.29 is 19.0 Å². The van der Waals surface area contributed by atoms with Crippen LogP contribution in [0.3, 0.4) is 0 Å². The summed E-state index contributed by atoms with van der Waals surface area (Å²) >= 11 is 0. The second kappa shape index (κ2) is 9.27. The summed E-state index contributed by atoms with van der Waals surface area (Å²) in [5.74, 6) is 2.24. The van der Waals surface area contributed by atoms with Gasteiger partial charge in [-0.2, -0.15) is 0 Å². The molecule has 0 saturated carbocycles. The van der Waals surface area contributed by atoms with E-state index in [0.29, 0.717) is 23.0 Å². The SMILES string of the molecule is COc1ccc(Nc2ccc(NC(=O)COc3ccccc3OC)cn2)cc1. The predicted octanol–water partition coefficient (Wildman–Crippen LogP) is 3.86. The van der Waals surface area contributed by atoms with Crippen molar-refractivity contribution in [2.45, 2.75) is 0 Å². The summed E-state index contributed by atoms with van der Waals surface area (Å²) in [7, 11) is 3.17. The van der Waals surface area contributed by atoms with E-state index in [2.05, 4.69) is 15.6 Å². The molecule has 0 spiro atoms. The molecule has 0 aliphatic rings. The standard InChI is InChI=1S/C21H21N3O4/c1-26-17-10-7-15(8-11-17)23-20-12-9-16(13-22-20)24-21(25)14-28-19-6-4-3-5-18(19)27-2/h3-13H,14H2,1-2H3,(H,22,23)(H,24,25). The van der Waals surface area contributed by atoms with Gasteiger partial charge in [0, 0.05) is 5.69 Å². The molecule has 7 nitrogen and oxygen atoms in total. The molecule has 1 aromatic heterocycles. The lowest BCUT2D eigenvalue weighted by molar-refractivity contribution is -0.118. The van der Waals surface area contributed by atoms with Gasteiger partial charge >= 0.3 is 0 Å². The summed E-state index contributed by atoms with van der Waals surface area (Å²) in [6, 6.07) is 18.2. The fraction of sp³-hybridized carbons (Fsp3) is 0.143. The molecule has 0 fully saturated rings. The molecule has 0 radical (unpaired) electrons. The normalized spacial score (nSPS) is 10.1. The summed E-state index contributed by atoms with van der Waals surface area (Å²) in [6.45, 7) is -0.133. The first kappa shape index (κ1) is 19.0. The van der Waals surface area contributed by atoms with Crippen LogP contribution in [0.4, 0.5) is 17.2 Å². The van der Waals surface area contributed by atoms with Gasteiger partial charge in [-0.05, 0) is 48.5 Å². The van der Waals surface area contributed by atoms with Crippen LogP contribution in [-0.4, -0.2) is 31.7 Å². The van der Waals surface area contributed by atoms with E-state index < -0.39 is 0 Å². The van der Waals surface area contributed by atoms with Crippen molar-refractivity contribution in [1.82, 2.24) is 4.98 Å². The Morgan fingerprint density at radius 2 is 1.61 bits per heavy atom. The average Bonchev–Trinajstić information content (AvgIpc) is 2.74. The molecular weight excluding hydrogens is 358 g/mol. The van der Waals surface area contributed by atoms with Gasteiger partial charge in [0.25, 0.3) is 5.91 Å². The van der Waals surface area contributed by atoms with Gasteiger partial charge < -0.3 is 24.8 Å². The minimum absolute atomic E-state index is 0.133. The highest BCUT2D eigenvalue weighted by Gasteiger charge is 2.07. The van der Waals surface area contributed by atoms with Crippen LogP contribution in [0.25, 0.3) is 0 Å². The Kier molecular flexibility index (Phi) is 6.30. The summed E-state index contributed by atoms with van der Waals surface area (Å²) in [5.41, 5.74) is 1.46. The number of methoxy groups -OCH3 is 2. The number of amides is 1. The number of nitrogens with one attached hydrogen (secondary N) is 2. The van der Waals surface area contributed by atoms with Gasteiger partial charge in [-0.15, -0.1) is 0 Å². The van der Waals surface area contributed by atoms with Crippen LogP contribution in [0.1, 0.15) is 0 Å². The monoisotopic (exact) mass is 379 g/mol. The molecule has 2 N–H and O–H groups in total. The smallest absolute Gasteiger partial charge is 0.262 e. The Morgan fingerprint density at radius 1 is 0.893 bits per heavy atom. The molecule has 0 unspecified atom stereocenters. The Labute approximate surface area is 163 Å². The van der Waals surface area contributed by atoms with Crippen molar-refractivity contribution in [1.29, 1.82) is 0 Å². The van der Waals surface area contributed by atoms with E-state index in [1.54, 1.807) is 44.7 Å². The van der Waals surface area contributed by atoms with Crippen molar-refractivity contribution in [3.63, 3.8) is 0 Å². The molecule has 3 aromatic rings. The molecular formula is C21H21N3O4. The van der Waals surface area contributed by atoms with Crippen LogP contribution in [0.15, 0.2) is 66.9 Å². The molecule has 144 valence electrons. The number of aromatic nitrogens is 1. The lowest BCUT2D eigenvalue weighted by Crippen LogP contribution is -2.20. The van der Waals surface area contributed by atoms with E-state index in [0.717, 1.165) is 11.4 Å². The third kappa shape index (κ3) is 5.14. The van der Waals surface area contributed by atoms with Crippen LogP contribution < -0.4 is 24.8 Å². The van der Waals surface area contributed by atoms with Crippen LogP contribution in [0.2, 0.25) is 0 Å². The van der Waals surface area contributed by atoms with Crippen LogP contribution in [0, 0.1) is 0 Å². The quantitative estimate of drug-likeness (QED) is 0.619. The number of pyridine rings is 1. The van der Waals surface area contributed by atoms with Crippen molar-refractivity contribution in [2.24, 2.45) is 0 Å². The van der Waals surface area contributed by atoms with Gasteiger partial charge in [0.1, 0.15) is 11.6 Å². The lowest BCUT2D eigenvalue weighted by atomic mass is 10.3. The number of ether oxygens (including phenoxy) is 3.